The van der Waals surface area contributed by atoms with Crippen LogP contribution in [-0.2, 0) is 6.61 Å². The number of nitrogens with one attached hydrogen (secondary N) is 1. The Bertz CT molecular complexity index is 915. The fraction of sp³-hybridized carbons (Fsp3) is 0.238. The van der Waals surface area contributed by atoms with Crippen LogP contribution in [0.25, 0.3) is 0 Å². The van der Waals surface area contributed by atoms with E-state index in [1.165, 1.54) is 12.1 Å². The summed E-state index contributed by atoms with van der Waals surface area (Å²) in [5.41, 5.74) is 2.88. The lowest BCUT2D eigenvalue weighted by Gasteiger charge is -2.16. The minimum absolute atomic E-state index is 0.263. The lowest BCUT2D eigenvalue weighted by atomic mass is 10.1. The highest BCUT2D eigenvalue weighted by molar-refractivity contribution is 5.97. The third-order valence-corrected chi connectivity index (χ3v) is 4.40. The summed E-state index contributed by atoms with van der Waals surface area (Å²) in [6.07, 6.45) is 0. The maximum absolute atomic E-state index is 13.1. The van der Waals surface area contributed by atoms with E-state index in [-0.39, 0.29) is 24.4 Å². The largest absolute Gasteiger partial charge is 0.488 e. The van der Waals surface area contributed by atoms with Crippen LogP contribution in [-0.4, -0.2) is 11.1 Å². The molecule has 3 aromatic rings. The van der Waals surface area contributed by atoms with Crippen molar-refractivity contribution in [2.75, 3.05) is 0 Å². The standard InChI is InChI=1S/C21H21FN2O3/c1-13(16-8-10-17(22)11-9-16)23-21(25)18-6-4-5-7-20(18)26-12-19-14(2)24-27-15(19)3/h4-11,13H,12H2,1-3H3,(H,23,25)/t13-/m1/s1. The quantitative estimate of drug-likeness (QED) is 0.696. The first kappa shape index (κ1) is 18.6. The number of para-hydroxylation sites is 1. The summed E-state index contributed by atoms with van der Waals surface area (Å²) in [5, 5.41) is 6.82. The highest BCUT2D eigenvalue weighted by atomic mass is 19.1. The Morgan fingerprint density at radius 2 is 1.89 bits per heavy atom. The van der Waals surface area contributed by atoms with E-state index in [2.05, 4.69) is 10.5 Å². The maximum Gasteiger partial charge on any atom is 0.255 e. The van der Waals surface area contributed by atoms with Gasteiger partial charge in [0.2, 0.25) is 0 Å². The Morgan fingerprint density at radius 3 is 2.56 bits per heavy atom. The van der Waals surface area contributed by atoms with Crippen molar-refractivity contribution in [2.24, 2.45) is 0 Å². The van der Waals surface area contributed by atoms with Gasteiger partial charge in [-0.15, -0.1) is 0 Å². The topological polar surface area (TPSA) is 64.4 Å². The number of ether oxygens (including phenoxy) is 1. The second-order valence-electron chi connectivity index (χ2n) is 6.33. The highest BCUT2D eigenvalue weighted by Gasteiger charge is 2.17. The Labute approximate surface area is 157 Å². The van der Waals surface area contributed by atoms with Crippen molar-refractivity contribution in [3.63, 3.8) is 0 Å². The Hall–Kier alpha value is -3.15. The smallest absolute Gasteiger partial charge is 0.255 e. The Kier molecular flexibility index (Phi) is 5.54. The van der Waals surface area contributed by atoms with Gasteiger partial charge in [-0.3, -0.25) is 4.79 Å². The fourth-order valence-corrected chi connectivity index (χ4v) is 2.75. The van der Waals surface area contributed by atoms with Crippen LogP contribution in [0, 0.1) is 19.7 Å². The summed E-state index contributed by atoms with van der Waals surface area (Å²) < 4.78 is 24.1. The lowest BCUT2D eigenvalue weighted by Crippen LogP contribution is -2.27. The summed E-state index contributed by atoms with van der Waals surface area (Å²) in [7, 11) is 0. The number of aromatic nitrogens is 1. The molecule has 140 valence electrons. The number of hydrogen-bond donors (Lipinski definition) is 1. The first-order valence-electron chi connectivity index (χ1n) is 8.65. The molecule has 3 rings (SSSR count). The van der Waals surface area contributed by atoms with Crippen molar-refractivity contribution in [3.8, 4) is 5.75 Å². The molecule has 0 spiro atoms. The summed E-state index contributed by atoms with van der Waals surface area (Å²) in [4.78, 5) is 12.7. The number of nitrogens with zero attached hydrogens (tertiary/aromatic N) is 1. The summed E-state index contributed by atoms with van der Waals surface area (Å²) in [6.45, 7) is 5.78. The van der Waals surface area contributed by atoms with Crippen LogP contribution >= 0.6 is 0 Å². The zero-order valence-electron chi connectivity index (χ0n) is 15.5. The van der Waals surface area contributed by atoms with Crippen molar-refractivity contribution in [1.82, 2.24) is 10.5 Å². The van der Waals surface area contributed by atoms with Crippen molar-refractivity contribution >= 4 is 5.91 Å². The van der Waals surface area contributed by atoms with E-state index < -0.39 is 0 Å². The van der Waals surface area contributed by atoms with E-state index in [0.29, 0.717) is 17.1 Å². The Morgan fingerprint density at radius 1 is 1.19 bits per heavy atom. The van der Waals surface area contributed by atoms with E-state index in [1.807, 2.05) is 26.8 Å². The monoisotopic (exact) mass is 368 g/mol. The fourth-order valence-electron chi connectivity index (χ4n) is 2.75. The van der Waals surface area contributed by atoms with Crippen LogP contribution in [0.2, 0.25) is 0 Å². The van der Waals surface area contributed by atoms with Gasteiger partial charge in [0.05, 0.1) is 22.9 Å². The number of aryl methyl sites for hydroxylation is 2. The molecule has 0 saturated carbocycles. The number of amides is 1. The molecule has 0 unspecified atom stereocenters. The van der Waals surface area contributed by atoms with Gasteiger partial charge in [0.25, 0.3) is 5.91 Å². The molecule has 0 bridgehead atoms. The molecular formula is C21H21FN2O3. The zero-order valence-corrected chi connectivity index (χ0v) is 15.5. The molecule has 6 heteroatoms. The van der Waals surface area contributed by atoms with Crippen LogP contribution < -0.4 is 10.1 Å². The van der Waals surface area contributed by atoms with Gasteiger partial charge in [-0.05, 0) is 50.6 Å². The Balaban J connectivity index is 1.72. The number of benzene rings is 2. The van der Waals surface area contributed by atoms with E-state index in [0.717, 1.165) is 16.8 Å². The van der Waals surface area contributed by atoms with Crippen molar-refractivity contribution in [3.05, 3.63) is 82.5 Å². The molecule has 1 aromatic heterocycles. The minimum atomic E-state index is -0.310. The zero-order chi connectivity index (χ0) is 19.4. The van der Waals surface area contributed by atoms with Crippen LogP contribution in [0.1, 0.15) is 45.9 Å². The van der Waals surface area contributed by atoms with Gasteiger partial charge in [-0.2, -0.15) is 0 Å². The number of carbonyl (C=O) groups is 1. The molecule has 5 nitrogen and oxygen atoms in total. The van der Waals surface area contributed by atoms with Crippen LogP contribution in [0.3, 0.4) is 0 Å². The van der Waals surface area contributed by atoms with E-state index in [4.69, 9.17) is 9.26 Å². The molecule has 0 fully saturated rings. The molecule has 1 N–H and O–H groups in total. The molecule has 0 radical (unpaired) electrons. The molecule has 1 amide bonds. The summed E-state index contributed by atoms with van der Waals surface area (Å²) >= 11 is 0. The van der Waals surface area contributed by atoms with E-state index >= 15 is 0 Å². The van der Waals surface area contributed by atoms with Gasteiger partial charge in [-0.1, -0.05) is 29.4 Å². The van der Waals surface area contributed by atoms with Crippen molar-refractivity contribution in [1.29, 1.82) is 0 Å². The molecular weight excluding hydrogens is 347 g/mol. The van der Waals surface area contributed by atoms with Gasteiger partial charge in [-0.25, -0.2) is 4.39 Å². The molecule has 1 heterocycles. The summed E-state index contributed by atoms with van der Waals surface area (Å²) in [5.74, 6) is 0.595. The average Bonchev–Trinajstić information content (AvgIpc) is 2.98. The van der Waals surface area contributed by atoms with Crippen molar-refractivity contribution < 1.29 is 18.4 Å². The molecule has 27 heavy (non-hydrogen) atoms. The van der Waals surface area contributed by atoms with Gasteiger partial charge in [0.15, 0.2) is 0 Å². The normalized spacial score (nSPS) is 11.9. The molecule has 0 aliphatic heterocycles. The molecule has 1 atom stereocenters. The summed E-state index contributed by atoms with van der Waals surface area (Å²) in [6, 6.07) is 12.8. The van der Waals surface area contributed by atoms with Crippen molar-refractivity contribution in [2.45, 2.75) is 33.4 Å². The number of rotatable bonds is 6. The predicted octanol–water partition coefficient (Wildman–Crippen LogP) is 4.50. The first-order valence-corrected chi connectivity index (χ1v) is 8.65. The number of hydrogen-bond acceptors (Lipinski definition) is 4. The number of halogens is 1. The van der Waals surface area contributed by atoms with Crippen LogP contribution in [0.15, 0.2) is 53.1 Å². The average molecular weight is 368 g/mol. The number of carbonyl (C=O) groups excluding carboxylic acids is 1. The third kappa shape index (κ3) is 4.34. The van der Waals surface area contributed by atoms with Gasteiger partial charge in [0, 0.05) is 0 Å². The second kappa shape index (κ2) is 8.03. The molecule has 0 saturated heterocycles. The molecule has 0 aliphatic rings. The maximum atomic E-state index is 13.1. The van der Waals surface area contributed by atoms with E-state index in [9.17, 15) is 9.18 Å². The minimum Gasteiger partial charge on any atom is -0.488 e. The van der Waals surface area contributed by atoms with Crippen LogP contribution in [0.5, 0.6) is 5.75 Å². The van der Waals surface area contributed by atoms with Gasteiger partial charge >= 0.3 is 0 Å². The lowest BCUT2D eigenvalue weighted by molar-refractivity contribution is 0.0935. The third-order valence-electron chi connectivity index (χ3n) is 4.40. The van der Waals surface area contributed by atoms with Gasteiger partial charge < -0.3 is 14.6 Å². The van der Waals surface area contributed by atoms with E-state index in [1.54, 1.807) is 30.3 Å². The van der Waals surface area contributed by atoms with Gasteiger partial charge in [0.1, 0.15) is 23.9 Å². The predicted molar refractivity (Wildman–Crippen MR) is 99.0 cm³/mol. The molecule has 2 aromatic carbocycles. The first-order chi connectivity index (χ1) is 13.0. The highest BCUT2D eigenvalue weighted by Crippen LogP contribution is 2.22. The SMILES string of the molecule is Cc1noc(C)c1COc1ccccc1C(=O)N[C@H](C)c1ccc(F)cc1. The van der Waals surface area contributed by atoms with Crippen LogP contribution in [0.4, 0.5) is 4.39 Å². The second-order valence-corrected chi connectivity index (χ2v) is 6.33. The molecule has 0 aliphatic carbocycles.